The summed E-state index contributed by atoms with van der Waals surface area (Å²) in [5.41, 5.74) is 1.43. The van der Waals surface area contributed by atoms with Crippen molar-refractivity contribution in [3.8, 4) is 11.5 Å². The maximum atomic E-state index is 12.2. The quantitative estimate of drug-likeness (QED) is 0.783. The highest BCUT2D eigenvalue weighted by Crippen LogP contribution is 2.30. The number of aromatic nitrogens is 2. The van der Waals surface area contributed by atoms with Crippen LogP contribution < -0.4 is 20.1 Å². The molecule has 3 rings (SSSR count). The van der Waals surface area contributed by atoms with Gasteiger partial charge in [-0.25, -0.2) is 4.98 Å². The third kappa shape index (κ3) is 4.69. The van der Waals surface area contributed by atoms with Gasteiger partial charge in [-0.3, -0.25) is 14.6 Å². The molecule has 26 heavy (non-hydrogen) atoms. The molecule has 0 radical (unpaired) electrons. The fourth-order valence-electron chi connectivity index (χ4n) is 2.21. The topological polar surface area (TPSA) is 102 Å². The van der Waals surface area contributed by atoms with Crippen LogP contribution in [0.3, 0.4) is 0 Å². The maximum Gasteiger partial charge on any atom is 0.275 e. The summed E-state index contributed by atoms with van der Waals surface area (Å²) in [4.78, 5) is 32.1. The third-order valence-electron chi connectivity index (χ3n) is 3.74. The van der Waals surface area contributed by atoms with Gasteiger partial charge < -0.3 is 20.1 Å². The van der Waals surface area contributed by atoms with E-state index in [1.54, 1.807) is 25.1 Å². The van der Waals surface area contributed by atoms with Gasteiger partial charge in [-0.2, -0.15) is 0 Å². The van der Waals surface area contributed by atoms with Gasteiger partial charge in [0.1, 0.15) is 5.69 Å². The van der Waals surface area contributed by atoms with Crippen molar-refractivity contribution in [2.75, 3.05) is 19.0 Å². The Kier molecular flexibility index (Phi) is 5.31. The summed E-state index contributed by atoms with van der Waals surface area (Å²) in [6, 6.07) is 5.21. The van der Waals surface area contributed by atoms with E-state index < -0.39 is 0 Å². The van der Waals surface area contributed by atoms with Crippen LogP contribution in [0.15, 0.2) is 30.6 Å². The zero-order chi connectivity index (χ0) is 18.5. The summed E-state index contributed by atoms with van der Waals surface area (Å²) in [5, 5.41) is 5.57. The zero-order valence-electron chi connectivity index (χ0n) is 14.6. The molecule has 1 aromatic carbocycles. The number of nitrogens with zero attached hydrogens (tertiary/aromatic N) is 2. The number of carbonyl (C=O) groups excluding carboxylic acids is 2. The standard InChI is InChI=1S/C18H20N4O4/c1-11-8-20-14(9-19-11)18(24)22-13-5-6-15(25-2)16(7-13)26-10-17(23)21-12-3-4-12/h5-9,12H,3-4,10H2,1-2H3,(H,21,23)(H,22,24). The molecule has 1 saturated carbocycles. The van der Waals surface area contributed by atoms with Gasteiger partial charge in [-0.1, -0.05) is 0 Å². The number of nitrogens with one attached hydrogen (secondary N) is 2. The zero-order valence-corrected chi connectivity index (χ0v) is 14.6. The van der Waals surface area contributed by atoms with Crippen molar-refractivity contribution in [1.29, 1.82) is 0 Å². The molecule has 2 aromatic rings. The number of hydrogen-bond donors (Lipinski definition) is 2. The van der Waals surface area contributed by atoms with Crippen LogP contribution in [0.2, 0.25) is 0 Å². The van der Waals surface area contributed by atoms with E-state index in [1.165, 1.54) is 19.5 Å². The van der Waals surface area contributed by atoms with E-state index in [4.69, 9.17) is 9.47 Å². The first-order valence-corrected chi connectivity index (χ1v) is 8.25. The molecule has 1 heterocycles. The van der Waals surface area contributed by atoms with Crippen LogP contribution in [0.5, 0.6) is 11.5 Å². The fraction of sp³-hybridized carbons (Fsp3) is 0.333. The molecule has 2 amide bonds. The molecule has 8 heteroatoms. The van der Waals surface area contributed by atoms with Crippen LogP contribution in [0.1, 0.15) is 29.0 Å². The van der Waals surface area contributed by atoms with E-state index in [0.717, 1.165) is 18.5 Å². The number of amides is 2. The van der Waals surface area contributed by atoms with E-state index in [-0.39, 0.29) is 30.2 Å². The molecule has 8 nitrogen and oxygen atoms in total. The Morgan fingerprint density at radius 1 is 1.19 bits per heavy atom. The summed E-state index contributed by atoms with van der Waals surface area (Å²) >= 11 is 0. The molecule has 0 spiro atoms. The Labute approximate surface area is 150 Å². The Morgan fingerprint density at radius 3 is 2.65 bits per heavy atom. The molecule has 1 fully saturated rings. The molecular formula is C18H20N4O4. The average molecular weight is 356 g/mol. The monoisotopic (exact) mass is 356 g/mol. The summed E-state index contributed by atoms with van der Waals surface area (Å²) < 4.78 is 10.8. The van der Waals surface area contributed by atoms with Gasteiger partial charge in [0.25, 0.3) is 11.8 Å². The van der Waals surface area contributed by atoms with E-state index in [2.05, 4.69) is 20.6 Å². The first-order chi connectivity index (χ1) is 12.5. The molecule has 0 unspecified atom stereocenters. The Bertz CT molecular complexity index is 803. The largest absolute Gasteiger partial charge is 0.493 e. The lowest BCUT2D eigenvalue weighted by Crippen LogP contribution is -2.30. The number of aryl methyl sites for hydroxylation is 1. The van der Waals surface area contributed by atoms with Gasteiger partial charge in [0.15, 0.2) is 18.1 Å². The van der Waals surface area contributed by atoms with Crippen molar-refractivity contribution in [3.63, 3.8) is 0 Å². The molecule has 0 bridgehead atoms. The molecule has 136 valence electrons. The van der Waals surface area contributed by atoms with Crippen molar-refractivity contribution >= 4 is 17.5 Å². The number of anilines is 1. The lowest BCUT2D eigenvalue weighted by Gasteiger charge is -2.13. The van der Waals surface area contributed by atoms with Gasteiger partial charge in [-0.15, -0.1) is 0 Å². The number of rotatable bonds is 7. The van der Waals surface area contributed by atoms with E-state index >= 15 is 0 Å². The van der Waals surface area contributed by atoms with Crippen LogP contribution in [0.4, 0.5) is 5.69 Å². The summed E-state index contributed by atoms with van der Waals surface area (Å²) in [5.74, 6) is 0.266. The minimum absolute atomic E-state index is 0.117. The molecular weight excluding hydrogens is 336 g/mol. The minimum Gasteiger partial charge on any atom is -0.493 e. The fourth-order valence-corrected chi connectivity index (χ4v) is 2.21. The molecule has 0 aliphatic heterocycles. The number of hydrogen-bond acceptors (Lipinski definition) is 6. The second-order valence-corrected chi connectivity index (χ2v) is 5.99. The van der Waals surface area contributed by atoms with Gasteiger partial charge in [-0.05, 0) is 31.9 Å². The maximum absolute atomic E-state index is 12.2. The van der Waals surface area contributed by atoms with Crippen LogP contribution in [-0.4, -0.2) is 41.5 Å². The number of methoxy groups -OCH3 is 1. The van der Waals surface area contributed by atoms with E-state index in [1.807, 2.05) is 0 Å². The Morgan fingerprint density at radius 2 is 2.00 bits per heavy atom. The molecule has 2 N–H and O–H groups in total. The number of benzene rings is 1. The second-order valence-electron chi connectivity index (χ2n) is 5.99. The Balaban J connectivity index is 1.66. The average Bonchev–Trinajstić information content (AvgIpc) is 3.44. The normalized spacial score (nSPS) is 13.0. The van der Waals surface area contributed by atoms with Gasteiger partial charge in [0, 0.05) is 24.0 Å². The van der Waals surface area contributed by atoms with Crippen LogP contribution >= 0.6 is 0 Å². The lowest BCUT2D eigenvalue weighted by atomic mass is 10.2. The Hall–Kier alpha value is -3.16. The predicted molar refractivity (Wildman–Crippen MR) is 94.4 cm³/mol. The van der Waals surface area contributed by atoms with Crippen molar-refractivity contribution in [1.82, 2.24) is 15.3 Å². The SMILES string of the molecule is COc1ccc(NC(=O)c2cnc(C)cn2)cc1OCC(=O)NC1CC1. The van der Waals surface area contributed by atoms with Crippen molar-refractivity contribution < 1.29 is 19.1 Å². The molecule has 1 aliphatic rings. The van der Waals surface area contributed by atoms with Crippen LogP contribution in [0, 0.1) is 6.92 Å². The summed E-state index contributed by atoms with van der Waals surface area (Å²) in [7, 11) is 1.51. The highest BCUT2D eigenvalue weighted by molar-refractivity contribution is 6.02. The smallest absolute Gasteiger partial charge is 0.275 e. The first kappa shape index (κ1) is 17.7. The molecule has 0 atom stereocenters. The van der Waals surface area contributed by atoms with E-state index in [0.29, 0.717) is 17.2 Å². The lowest BCUT2D eigenvalue weighted by molar-refractivity contribution is -0.123. The van der Waals surface area contributed by atoms with Crippen molar-refractivity contribution in [2.45, 2.75) is 25.8 Å². The predicted octanol–water partition coefficient (Wildman–Crippen LogP) is 1.70. The van der Waals surface area contributed by atoms with Crippen molar-refractivity contribution in [2.24, 2.45) is 0 Å². The number of carbonyl (C=O) groups is 2. The minimum atomic E-state index is -0.389. The van der Waals surface area contributed by atoms with Crippen molar-refractivity contribution in [3.05, 3.63) is 42.0 Å². The van der Waals surface area contributed by atoms with Gasteiger partial charge >= 0.3 is 0 Å². The molecule has 0 saturated heterocycles. The first-order valence-electron chi connectivity index (χ1n) is 8.25. The van der Waals surface area contributed by atoms with Gasteiger partial charge in [0.05, 0.1) is 19.0 Å². The van der Waals surface area contributed by atoms with Crippen LogP contribution in [-0.2, 0) is 4.79 Å². The summed E-state index contributed by atoms with van der Waals surface area (Å²) in [6.07, 6.45) is 4.96. The third-order valence-corrected chi connectivity index (χ3v) is 3.74. The molecule has 1 aliphatic carbocycles. The van der Waals surface area contributed by atoms with E-state index in [9.17, 15) is 9.59 Å². The number of ether oxygens (including phenoxy) is 2. The highest BCUT2D eigenvalue weighted by Gasteiger charge is 2.23. The second kappa shape index (κ2) is 7.81. The molecule has 1 aromatic heterocycles. The summed E-state index contributed by atoms with van der Waals surface area (Å²) in [6.45, 7) is 1.68. The van der Waals surface area contributed by atoms with Gasteiger partial charge in [0.2, 0.25) is 0 Å². The van der Waals surface area contributed by atoms with Crippen LogP contribution in [0.25, 0.3) is 0 Å². The highest BCUT2D eigenvalue weighted by atomic mass is 16.5.